The van der Waals surface area contributed by atoms with Crippen molar-refractivity contribution in [3.05, 3.63) is 239 Å². The largest absolute Gasteiger partial charge is 0.347 e. The molecule has 0 amide bonds. The van der Waals surface area contributed by atoms with Gasteiger partial charge < -0.3 is 4.90 Å². The van der Waals surface area contributed by atoms with E-state index in [-0.39, 0.29) is 10.8 Å². The first kappa shape index (κ1) is 34.1. The van der Waals surface area contributed by atoms with Crippen molar-refractivity contribution in [2.45, 2.75) is 36.5 Å². The van der Waals surface area contributed by atoms with Crippen LogP contribution in [0.25, 0.3) is 0 Å². The van der Waals surface area contributed by atoms with Crippen LogP contribution in [0, 0.1) is 0 Å². The molecule has 53 heavy (non-hydrogen) atoms. The molecule has 2 aliphatic heterocycles. The second-order valence-corrected chi connectivity index (χ2v) is 14.6. The number of nitrogens with zero attached hydrogens (tertiary/aromatic N) is 2. The summed E-state index contributed by atoms with van der Waals surface area (Å²) in [6.45, 7) is 0. The smallest absolute Gasteiger partial charge is 0.209 e. The maximum atomic E-state index is 2.41. The Bertz CT molecular complexity index is 2210. The van der Waals surface area contributed by atoms with Gasteiger partial charge in [-0.05, 0) is 65.6 Å². The predicted octanol–water partition coefficient (Wildman–Crippen LogP) is 11.0. The molecular formula is C51H47N2+. The van der Waals surface area contributed by atoms with E-state index in [0.29, 0.717) is 0 Å². The summed E-state index contributed by atoms with van der Waals surface area (Å²) in [6, 6.07) is 61.9. The van der Waals surface area contributed by atoms with Gasteiger partial charge in [0.25, 0.3) is 0 Å². The number of hydrogen-bond donors (Lipinski definition) is 0. The van der Waals surface area contributed by atoms with Crippen molar-refractivity contribution in [3.8, 4) is 0 Å². The van der Waals surface area contributed by atoms with E-state index in [1.54, 1.807) is 0 Å². The summed E-state index contributed by atoms with van der Waals surface area (Å²) >= 11 is 0. The lowest BCUT2D eigenvalue weighted by molar-refractivity contribution is -0.401. The molecule has 8 rings (SSSR count). The quantitative estimate of drug-likeness (QED) is 0.0971. The predicted molar refractivity (Wildman–Crippen MR) is 222 cm³/mol. The molecule has 0 bridgehead atoms. The topological polar surface area (TPSA) is 6.25 Å². The standard InChI is InChI=1S/C51H47N2/c1-52-46-32-20-18-30-44(46)50(36-40-22-8-3-9-23-40,37-41-24-10-4-11-25-41)48(52)34-16-7-17-35-49-51(38-42-26-12-5-13-27-42,39-43-28-14-6-15-29-43)45-31-19-21-33-47(45)53(49)2/h3-35H,36-39H2,1-2H3/q+1. The fourth-order valence-electron chi connectivity index (χ4n) is 9.06. The van der Waals surface area contributed by atoms with Crippen molar-refractivity contribution < 1.29 is 4.58 Å². The molecule has 0 spiro atoms. The molecule has 0 unspecified atom stereocenters. The van der Waals surface area contributed by atoms with Gasteiger partial charge in [0.15, 0.2) is 5.71 Å². The number of para-hydroxylation sites is 2. The number of hydrogen-bond acceptors (Lipinski definition) is 1. The molecule has 6 aromatic carbocycles. The van der Waals surface area contributed by atoms with E-state index in [1.807, 2.05) is 0 Å². The third-order valence-electron chi connectivity index (χ3n) is 11.4. The highest BCUT2D eigenvalue weighted by atomic mass is 15.2. The number of allylic oxidation sites excluding steroid dienone is 6. The third-order valence-corrected chi connectivity index (χ3v) is 11.4. The number of rotatable bonds is 11. The van der Waals surface area contributed by atoms with Crippen molar-refractivity contribution >= 4 is 17.1 Å². The fourth-order valence-corrected chi connectivity index (χ4v) is 9.06. The molecule has 0 aromatic heterocycles. The van der Waals surface area contributed by atoms with Gasteiger partial charge >= 0.3 is 0 Å². The molecule has 2 aliphatic rings. The van der Waals surface area contributed by atoms with Crippen LogP contribution >= 0.6 is 0 Å². The van der Waals surface area contributed by atoms with Crippen molar-refractivity contribution in [3.63, 3.8) is 0 Å². The molecule has 2 heteroatoms. The summed E-state index contributed by atoms with van der Waals surface area (Å²) in [5, 5.41) is 0. The lowest BCUT2D eigenvalue weighted by Crippen LogP contribution is -2.38. The van der Waals surface area contributed by atoms with Crippen LogP contribution in [0.3, 0.4) is 0 Å². The van der Waals surface area contributed by atoms with E-state index in [0.717, 1.165) is 25.7 Å². The summed E-state index contributed by atoms with van der Waals surface area (Å²) < 4.78 is 2.41. The lowest BCUT2D eigenvalue weighted by atomic mass is 9.69. The van der Waals surface area contributed by atoms with Gasteiger partial charge in [-0.1, -0.05) is 176 Å². The molecule has 2 nitrogen and oxygen atoms in total. The second kappa shape index (κ2) is 14.9. The van der Waals surface area contributed by atoms with Crippen molar-refractivity contribution in [1.82, 2.24) is 0 Å². The van der Waals surface area contributed by atoms with Crippen LogP contribution in [0.2, 0.25) is 0 Å². The number of anilines is 1. The minimum absolute atomic E-state index is 0.218. The van der Waals surface area contributed by atoms with E-state index in [1.165, 1.54) is 56.2 Å². The summed E-state index contributed by atoms with van der Waals surface area (Å²) in [4.78, 5) is 2.41. The SMILES string of the molecule is CN1C(=C/C=C\C=C\C2=[N+](C)c3ccccc3C2(Cc2ccccc2)Cc2ccccc2)C(Cc2ccccc2)(Cc2ccccc2)c2ccccc21. The molecule has 0 fully saturated rings. The molecule has 260 valence electrons. The average molecular weight is 688 g/mol. The van der Waals surface area contributed by atoms with Gasteiger partial charge in [0, 0.05) is 41.6 Å². The van der Waals surface area contributed by atoms with E-state index < -0.39 is 0 Å². The Balaban J connectivity index is 1.19. The van der Waals surface area contributed by atoms with E-state index >= 15 is 0 Å². The Morgan fingerprint density at radius 1 is 0.472 bits per heavy atom. The summed E-state index contributed by atoms with van der Waals surface area (Å²) in [5.74, 6) is 0. The molecule has 2 heterocycles. The van der Waals surface area contributed by atoms with Crippen LogP contribution < -0.4 is 4.90 Å². The first-order valence-electron chi connectivity index (χ1n) is 18.8. The van der Waals surface area contributed by atoms with Gasteiger partial charge in [0.05, 0.1) is 5.41 Å². The van der Waals surface area contributed by atoms with Gasteiger partial charge in [-0.2, -0.15) is 4.58 Å². The molecule has 0 saturated heterocycles. The average Bonchev–Trinajstić information content (AvgIpc) is 3.56. The Kier molecular flexibility index (Phi) is 9.61. The molecule has 0 saturated carbocycles. The summed E-state index contributed by atoms with van der Waals surface area (Å²) in [5.41, 5.74) is 12.9. The molecule has 6 aromatic rings. The first-order valence-corrected chi connectivity index (χ1v) is 18.8. The van der Waals surface area contributed by atoms with Crippen LogP contribution in [0.15, 0.2) is 206 Å². The molecule has 0 aliphatic carbocycles. The summed E-state index contributed by atoms with van der Waals surface area (Å²) in [6.07, 6.45) is 15.1. The Morgan fingerprint density at radius 2 is 0.906 bits per heavy atom. The molecule has 0 atom stereocenters. The van der Waals surface area contributed by atoms with E-state index in [2.05, 4.69) is 224 Å². The van der Waals surface area contributed by atoms with Gasteiger partial charge in [-0.25, -0.2) is 0 Å². The van der Waals surface area contributed by atoms with Crippen LogP contribution in [-0.4, -0.2) is 24.4 Å². The van der Waals surface area contributed by atoms with Crippen molar-refractivity contribution in [2.24, 2.45) is 0 Å². The zero-order valence-electron chi connectivity index (χ0n) is 30.8. The highest BCUT2D eigenvalue weighted by Gasteiger charge is 2.50. The van der Waals surface area contributed by atoms with Gasteiger partial charge in [0.2, 0.25) is 5.69 Å². The van der Waals surface area contributed by atoms with Crippen LogP contribution in [0.4, 0.5) is 11.4 Å². The number of fused-ring (bicyclic) bond motifs is 2. The fraction of sp³-hybridized carbons (Fsp3) is 0.157. The maximum absolute atomic E-state index is 2.41. The zero-order valence-corrected chi connectivity index (χ0v) is 30.8. The van der Waals surface area contributed by atoms with Gasteiger partial charge in [-0.15, -0.1) is 0 Å². The molecule has 0 N–H and O–H groups in total. The van der Waals surface area contributed by atoms with Gasteiger partial charge in [-0.3, -0.25) is 0 Å². The highest BCUT2D eigenvalue weighted by Crippen LogP contribution is 2.51. The third kappa shape index (κ3) is 6.62. The minimum atomic E-state index is -0.218. The normalized spacial score (nSPS) is 16.5. The van der Waals surface area contributed by atoms with Crippen molar-refractivity contribution in [2.75, 3.05) is 19.0 Å². The zero-order chi connectivity index (χ0) is 36.1. The van der Waals surface area contributed by atoms with Crippen LogP contribution in [0.5, 0.6) is 0 Å². The lowest BCUT2D eigenvalue weighted by Gasteiger charge is -2.33. The minimum Gasteiger partial charge on any atom is -0.347 e. The van der Waals surface area contributed by atoms with Gasteiger partial charge in [0.1, 0.15) is 7.05 Å². The van der Waals surface area contributed by atoms with Crippen molar-refractivity contribution in [1.29, 1.82) is 0 Å². The molecular weight excluding hydrogens is 641 g/mol. The maximum Gasteiger partial charge on any atom is 0.209 e. The van der Waals surface area contributed by atoms with Crippen LogP contribution in [-0.2, 0) is 36.5 Å². The second-order valence-electron chi connectivity index (χ2n) is 14.6. The Hall–Kier alpha value is -5.99. The van der Waals surface area contributed by atoms with E-state index in [9.17, 15) is 0 Å². The Labute approximate surface area is 315 Å². The number of likely N-dealkylation sites (N-methyl/N-ethyl adjacent to an activating group) is 1. The Morgan fingerprint density at radius 3 is 1.43 bits per heavy atom. The van der Waals surface area contributed by atoms with E-state index in [4.69, 9.17) is 0 Å². The molecule has 0 radical (unpaired) electrons. The highest BCUT2D eigenvalue weighted by molar-refractivity contribution is 6.04. The monoisotopic (exact) mass is 687 g/mol. The first-order chi connectivity index (χ1) is 26.1. The number of benzene rings is 6. The summed E-state index contributed by atoms with van der Waals surface area (Å²) in [7, 11) is 4.46. The van der Waals surface area contributed by atoms with Crippen LogP contribution in [0.1, 0.15) is 33.4 Å².